The van der Waals surface area contributed by atoms with Gasteiger partial charge in [0.25, 0.3) is 0 Å². The SMILES string of the molecule is CCCCN1CCN(c2cc(C)ccc2C2=CC(C)(C)CC(C)(C)C2)CC1. The van der Waals surface area contributed by atoms with Crippen LogP contribution in [-0.2, 0) is 0 Å². The van der Waals surface area contributed by atoms with Crippen molar-refractivity contribution >= 4 is 11.3 Å². The molecule has 0 N–H and O–H groups in total. The molecule has 0 unspecified atom stereocenters. The molecule has 0 aromatic heterocycles. The molecule has 1 heterocycles. The Kier molecular flexibility index (Phi) is 6.05. The van der Waals surface area contributed by atoms with Gasteiger partial charge in [-0.15, -0.1) is 0 Å². The molecule has 0 amide bonds. The first kappa shape index (κ1) is 20.5. The van der Waals surface area contributed by atoms with Gasteiger partial charge < -0.3 is 4.90 Å². The molecule has 1 aromatic rings. The van der Waals surface area contributed by atoms with Gasteiger partial charge >= 0.3 is 0 Å². The first-order chi connectivity index (χ1) is 12.7. The van der Waals surface area contributed by atoms with E-state index >= 15 is 0 Å². The summed E-state index contributed by atoms with van der Waals surface area (Å²) < 4.78 is 0. The Bertz CT molecular complexity index is 676. The fourth-order valence-corrected chi connectivity index (χ4v) is 5.33. The maximum absolute atomic E-state index is 2.64. The Labute approximate surface area is 167 Å². The third-order valence-corrected chi connectivity index (χ3v) is 6.21. The van der Waals surface area contributed by atoms with Crippen molar-refractivity contribution in [2.75, 3.05) is 37.6 Å². The molecule has 1 saturated heterocycles. The lowest BCUT2D eigenvalue weighted by atomic mass is 9.65. The van der Waals surface area contributed by atoms with Crippen molar-refractivity contribution in [3.63, 3.8) is 0 Å². The van der Waals surface area contributed by atoms with Crippen LogP contribution in [0.25, 0.3) is 5.57 Å². The number of hydrogen-bond donors (Lipinski definition) is 0. The molecule has 3 rings (SSSR count). The van der Waals surface area contributed by atoms with Crippen LogP contribution in [0, 0.1) is 17.8 Å². The van der Waals surface area contributed by atoms with Gasteiger partial charge in [0.1, 0.15) is 0 Å². The van der Waals surface area contributed by atoms with E-state index in [0.717, 1.165) is 13.1 Å². The fraction of sp³-hybridized carbons (Fsp3) is 0.680. The quantitative estimate of drug-likeness (QED) is 0.615. The number of piperazine rings is 1. The zero-order valence-corrected chi connectivity index (χ0v) is 18.6. The van der Waals surface area contributed by atoms with Gasteiger partial charge in [-0.05, 0) is 60.8 Å². The molecule has 0 atom stereocenters. The average molecular weight is 369 g/mol. The van der Waals surface area contributed by atoms with Gasteiger partial charge in [-0.25, -0.2) is 0 Å². The number of rotatable bonds is 5. The second-order valence-corrected chi connectivity index (χ2v) is 10.4. The number of allylic oxidation sites excluding steroid dienone is 2. The van der Waals surface area contributed by atoms with Crippen LogP contribution >= 0.6 is 0 Å². The van der Waals surface area contributed by atoms with Crippen molar-refractivity contribution in [3.8, 4) is 0 Å². The van der Waals surface area contributed by atoms with E-state index in [-0.39, 0.29) is 5.41 Å². The fourth-order valence-electron chi connectivity index (χ4n) is 5.33. The summed E-state index contributed by atoms with van der Waals surface area (Å²) in [5.74, 6) is 0. The lowest BCUT2D eigenvalue weighted by molar-refractivity contribution is 0.228. The number of unbranched alkanes of at least 4 members (excludes halogenated alkanes) is 1. The van der Waals surface area contributed by atoms with Gasteiger partial charge in [0.05, 0.1) is 0 Å². The molecular formula is C25H40N2. The molecule has 1 aliphatic carbocycles. The highest BCUT2D eigenvalue weighted by Crippen LogP contribution is 2.48. The van der Waals surface area contributed by atoms with Crippen molar-refractivity contribution in [2.45, 2.75) is 67.2 Å². The number of nitrogens with zero attached hydrogens (tertiary/aromatic N) is 2. The molecule has 2 aliphatic rings. The molecule has 150 valence electrons. The molecule has 27 heavy (non-hydrogen) atoms. The van der Waals surface area contributed by atoms with E-state index in [1.54, 1.807) is 5.57 Å². The van der Waals surface area contributed by atoms with Gasteiger partial charge in [-0.3, -0.25) is 4.90 Å². The lowest BCUT2D eigenvalue weighted by Crippen LogP contribution is -2.47. The van der Waals surface area contributed by atoms with Gasteiger partial charge in [0, 0.05) is 37.4 Å². The minimum absolute atomic E-state index is 0.276. The van der Waals surface area contributed by atoms with Crippen molar-refractivity contribution < 1.29 is 0 Å². The van der Waals surface area contributed by atoms with Gasteiger partial charge in [0.15, 0.2) is 0 Å². The van der Waals surface area contributed by atoms with E-state index in [4.69, 9.17) is 0 Å². The predicted molar refractivity (Wildman–Crippen MR) is 120 cm³/mol. The molecule has 0 spiro atoms. The van der Waals surface area contributed by atoms with Crippen LogP contribution in [0.4, 0.5) is 5.69 Å². The Morgan fingerprint density at radius 2 is 1.70 bits per heavy atom. The molecule has 0 radical (unpaired) electrons. The van der Waals surface area contributed by atoms with Gasteiger partial charge in [-0.1, -0.05) is 59.2 Å². The molecule has 2 nitrogen and oxygen atoms in total. The number of benzene rings is 1. The van der Waals surface area contributed by atoms with Crippen LogP contribution in [0.1, 0.15) is 71.4 Å². The highest BCUT2D eigenvalue weighted by molar-refractivity contribution is 5.79. The molecule has 1 fully saturated rings. The second kappa shape index (κ2) is 7.99. The largest absolute Gasteiger partial charge is 0.368 e. The Hall–Kier alpha value is -1.28. The van der Waals surface area contributed by atoms with Crippen LogP contribution in [0.15, 0.2) is 24.3 Å². The third kappa shape index (κ3) is 5.16. The molecule has 0 bridgehead atoms. The Morgan fingerprint density at radius 3 is 2.33 bits per heavy atom. The third-order valence-electron chi connectivity index (χ3n) is 6.21. The summed E-state index contributed by atoms with van der Waals surface area (Å²) >= 11 is 0. The Balaban J connectivity index is 1.86. The van der Waals surface area contributed by atoms with E-state index in [0.29, 0.717) is 5.41 Å². The average Bonchev–Trinajstić information content (AvgIpc) is 2.57. The first-order valence-electron chi connectivity index (χ1n) is 11.0. The van der Waals surface area contributed by atoms with E-state index < -0.39 is 0 Å². The predicted octanol–water partition coefficient (Wildman–Crippen LogP) is 6.15. The lowest BCUT2D eigenvalue weighted by Gasteiger charge is -2.41. The zero-order valence-electron chi connectivity index (χ0n) is 18.6. The summed E-state index contributed by atoms with van der Waals surface area (Å²) in [6, 6.07) is 7.11. The number of hydrogen-bond acceptors (Lipinski definition) is 2. The number of anilines is 1. The number of aryl methyl sites for hydroxylation is 1. The van der Waals surface area contributed by atoms with E-state index in [1.165, 1.54) is 62.1 Å². The summed E-state index contributed by atoms with van der Waals surface area (Å²) in [6.45, 7) is 20.1. The summed E-state index contributed by atoms with van der Waals surface area (Å²) in [4.78, 5) is 5.28. The molecule has 0 saturated carbocycles. The van der Waals surface area contributed by atoms with Crippen LogP contribution in [0.3, 0.4) is 0 Å². The van der Waals surface area contributed by atoms with Crippen molar-refractivity contribution in [2.24, 2.45) is 10.8 Å². The highest BCUT2D eigenvalue weighted by atomic mass is 15.3. The smallest absolute Gasteiger partial charge is 0.0446 e. The Morgan fingerprint density at radius 1 is 1.00 bits per heavy atom. The zero-order chi connectivity index (χ0) is 19.7. The van der Waals surface area contributed by atoms with E-state index in [2.05, 4.69) is 75.6 Å². The van der Waals surface area contributed by atoms with Crippen LogP contribution in [-0.4, -0.2) is 37.6 Å². The highest BCUT2D eigenvalue weighted by Gasteiger charge is 2.34. The first-order valence-corrected chi connectivity index (χ1v) is 11.0. The summed E-state index contributed by atoms with van der Waals surface area (Å²) in [5, 5.41) is 0. The van der Waals surface area contributed by atoms with Crippen LogP contribution in [0.5, 0.6) is 0 Å². The molecule has 1 aliphatic heterocycles. The maximum Gasteiger partial charge on any atom is 0.0446 e. The maximum atomic E-state index is 2.64. The van der Waals surface area contributed by atoms with Crippen LogP contribution < -0.4 is 4.90 Å². The summed E-state index contributed by atoms with van der Waals surface area (Å²) in [5.41, 5.74) is 6.51. The van der Waals surface area contributed by atoms with Gasteiger partial charge in [-0.2, -0.15) is 0 Å². The normalized spacial score (nSPS) is 22.6. The van der Waals surface area contributed by atoms with Crippen molar-refractivity contribution in [1.29, 1.82) is 0 Å². The standard InChI is InChI=1S/C25H40N2/c1-7-8-11-26-12-14-27(15-13-26)23-16-20(2)9-10-22(23)21-17-24(3,4)19-25(5,6)18-21/h9-10,16-17H,7-8,11-15,18-19H2,1-6H3. The van der Waals surface area contributed by atoms with Crippen LogP contribution in [0.2, 0.25) is 0 Å². The molecule has 1 aromatic carbocycles. The molecular weight excluding hydrogens is 328 g/mol. The minimum atomic E-state index is 0.276. The minimum Gasteiger partial charge on any atom is -0.368 e. The van der Waals surface area contributed by atoms with E-state index in [9.17, 15) is 0 Å². The van der Waals surface area contributed by atoms with Gasteiger partial charge in [0.2, 0.25) is 0 Å². The monoisotopic (exact) mass is 368 g/mol. The van der Waals surface area contributed by atoms with Crippen molar-refractivity contribution in [3.05, 3.63) is 35.4 Å². The summed E-state index contributed by atoms with van der Waals surface area (Å²) in [7, 11) is 0. The van der Waals surface area contributed by atoms with Crippen molar-refractivity contribution in [1.82, 2.24) is 4.90 Å². The second-order valence-electron chi connectivity index (χ2n) is 10.4. The molecule has 2 heteroatoms. The summed E-state index contributed by atoms with van der Waals surface area (Å²) in [6.07, 6.45) is 7.63. The topological polar surface area (TPSA) is 6.48 Å². The van der Waals surface area contributed by atoms with E-state index in [1.807, 2.05) is 0 Å².